The van der Waals surface area contributed by atoms with E-state index in [1.54, 1.807) is 6.08 Å². The van der Waals surface area contributed by atoms with E-state index in [0.717, 1.165) is 12.1 Å². The van der Waals surface area contributed by atoms with Gasteiger partial charge in [-0.3, -0.25) is 14.6 Å². The van der Waals surface area contributed by atoms with E-state index in [1.807, 2.05) is 0 Å². The number of aliphatic carboxylic acids is 1. The third-order valence-corrected chi connectivity index (χ3v) is 3.04. The molecule has 1 amide bonds. The molecule has 1 aromatic rings. The predicted octanol–water partition coefficient (Wildman–Crippen LogP) is 1.86. The number of nitrogens with one attached hydrogen (secondary N) is 1. The number of aromatic nitrogens is 1. The van der Waals surface area contributed by atoms with Gasteiger partial charge in [-0.05, 0) is 18.6 Å². The van der Waals surface area contributed by atoms with Crippen molar-refractivity contribution >= 4 is 11.9 Å². The van der Waals surface area contributed by atoms with E-state index in [9.17, 15) is 22.8 Å². The number of alkyl halides is 3. The molecule has 8 heteroatoms. The second kappa shape index (κ2) is 5.55. The molecule has 0 spiro atoms. The van der Waals surface area contributed by atoms with Crippen LogP contribution in [0.2, 0.25) is 0 Å². The van der Waals surface area contributed by atoms with Crippen LogP contribution >= 0.6 is 0 Å². The lowest BCUT2D eigenvalue weighted by Gasteiger charge is -2.12. The summed E-state index contributed by atoms with van der Waals surface area (Å²) in [5, 5.41) is 11.3. The van der Waals surface area contributed by atoms with Gasteiger partial charge in [0.05, 0.1) is 11.5 Å². The minimum Gasteiger partial charge on any atom is -0.481 e. The highest BCUT2D eigenvalue weighted by atomic mass is 19.4. The Morgan fingerprint density at radius 1 is 1.29 bits per heavy atom. The van der Waals surface area contributed by atoms with Crippen LogP contribution in [0.1, 0.15) is 22.5 Å². The number of carbonyl (C=O) groups excluding carboxylic acids is 1. The van der Waals surface area contributed by atoms with Gasteiger partial charge >= 0.3 is 12.1 Å². The van der Waals surface area contributed by atoms with Crippen LogP contribution in [0, 0.1) is 5.92 Å². The molecule has 0 radical (unpaired) electrons. The van der Waals surface area contributed by atoms with Gasteiger partial charge in [0.25, 0.3) is 5.91 Å². The zero-order valence-electron chi connectivity index (χ0n) is 10.6. The number of carbonyl (C=O) groups is 2. The Bertz CT molecular complexity index is 581. The molecule has 1 aliphatic rings. The number of amides is 1. The molecule has 2 unspecified atom stereocenters. The Hall–Kier alpha value is -2.38. The van der Waals surface area contributed by atoms with Gasteiger partial charge in [0.2, 0.25) is 0 Å². The molecular weight excluding hydrogens is 289 g/mol. The van der Waals surface area contributed by atoms with Gasteiger partial charge in [0.1, 0.15) is 5.69 Å². The van der Waals surface area contributed by atoms with E-state index in [4.69, 9.17) is 5.11 Å². The third kappa shape index (κ3) is 3.59. The van der Waals surface area contributed by atoms with Crippen molar-refractivity contribution in [2.45, 2.75) is 18.6 Å². The summed E-state index contributed by atoms with van der Waals surface area (Å²) in [6, 6.07) is 1.28. The summed E-state index contributed by atoms with van der Waals surface area (Å²) in [6.45, 7) is 0. The second-order valence-electron chi connectivity index (χ2n) is 4.58. The first-order valence-corrected chi connectivity index (χ1v) is 6.02. The van der Waals surface area contributed by atoms with E-state index in [0.29, 0.717) is 6.20 Å². The van der Waals surface area contributed by atoms with Crippen LogP contribution in [-0.4, -0.2) is 28.0 Å². The summed E-state index contributed by atoms with van der Waals surface area (Å²) in [5.41, 5.74) is -1.10. The van der Waals surface area contributed by atoms with Gasteiger partial charge < -0.3 is 10.4 Å². The van der Waals surface area contributed by atoms with Crippen LogP contribution < -0.4 is 5.32 Å². The standard InChI is InChI=1S/C13H11F3N2O3/c14-13(15,16)8-2-4-10(17-6-8)11(19)18-9-3-1-7(5-9)12(20)21/h1-4,6-7,9H,5H2,(H,18,19)(H,20,21). The van der Waals surface area contributed by atoms with Crippen LogP contribution in [0.25, 0.3) is 0 Å². The molecule has 0 fully saturated rings. The van der Waals surface area contributed by atoms with Crippen molar-refractivity contribution in [2.24, 2.45) is 5.92 Å². The summed E-state index contributed by atoms with van der Waals surface area (Å²) in [4.78, 5) is 26.0. The molecule has 2 rings (SSSR count). The lowest BCUT2D eigenvalue weighted by Crippen LogP contribution is -2.33. The van der Waals surface area contributed by atoms with Crippen molar-refractivity contribution < 1.29 is 27.9 Å². The average Bonchev–Trinajstić information content (AvgIpc) is 2.86. The van der Waals surface area contributed by atoms with Crippen LogP contribution in [-0.2, 0) is 11.0 Å². The third-order valence-electron chi connectivity index (χ3n) is 3.04. The van der Waals surface area contributed by atoms with E-state index < -0.39 is 35.6 Å². The van der Waals surface area contributed by atoms with Crippen molar-refractivity contribution in [3.8, 4) is 0 Å². The van der Waals surface area contributed by atoms with Crippen molar-refractivity contribution in [3.63, 3.8) is 0 Å². The van der Waals surface area contributed by atoms with Gasteiger partial charge in [0.15, 0.2) is 0 Å². The molecular formula is C13H11F3N2O3. The van der Waals surface area contributed by atoms with E-state index in [2.05, 4.69) is 10.3 Å². The van der Waals surface area contributed by atoms with Crippen LogP contribution in [0.15, 0.2) is 30.5 Å². The number of carboxylic acid groups (broad SMARTS) is 1. The highest BCUT2D eigenvalue weighted by molar-refractivity contribution is 5.92. The fourth-order valence-corrected chi connectivity index (χ4v) is 1.93. The fraction of sp³-hybridized carbons (Fsp3) is 0.308. The number of pyridine rings is 1. The molecule has 1 aromatic heterocycles. The molecule has 21 heavy (non-hydrogen) atoms. The molecule has 1 heterocycles. The number of nitrogens with zero attached hydrogens (tertiary/aromatic N) is 1. The second-order valence-corrected chi connectivity index (χ2v) is 4.58. The molecule has 0 aromatic carbocycles. The Morgan fingerprint density at radius 3 is 2.48 bits per heavy atom. The summed E-state index contributed by atoms with van der Waals surface area (Å²) in [6.07, 6.45) is -0.708. The topological polar surface area (TPSA) is 79.3 Å². The largest absolute Gasteiger partial charge is 0.481 e. The van der Waals surface area contributed by atoms with Crippen molar-refractivity contribution in [1.29, 1.82) is 0 Å². The zero-order chi connectivity index (χ0) is 15.6. The van der Waals surface area contributed by atoms with Crippen molar-refractivity contribution in [2.75, 3.05) is 0 Å². The van der Waals surface area contributed by atoms with Crippen molar-refractivity contribution in [1.82, 2.24) is 10.3 Å². The first-order chi connectivity index (χ1) is 9.77. The highest BCUT2D eigenvalue weighted by Crippen LogP contribution is 2.28. The maximum absolute atomic E-state index is 12.4. The molecule has 1 aliphatic carbocycles. The molecule has 0 saturated carbocycles. The van der Waals surface area contributed by atoms with Crippen LogP contribution in [0.5, 0.6) is 0 Å². The van der Waals surface area contributed by atoms with Gasteiger partial charge in [-0.2, -0.15) is 13.2 Å². The number of halogens is 3. The first kappa shape index (κ1) is 15.0. The minimum atomic E-state index is -4.51. The Balaban J connectivity index is 1.99. The van der Waals surface area contributed by atoms with Crippen molar-refractivity contribution in [3.05, 3.63) is 41.7 Å². The Labute approximate surface area is 117 Å². The number of carboxylic acids is 1. The van der Waals surface area contributed by atoms with Gasteiger partial charge in [-0.1, -0.05) is 12.2 Å². The Kier molecular flexibility index (Phi) is 3.97. The van der Waals surface area contributed by atoms with Gasteiger partial charge in [-0.15, -0.1) is 0 Å². The lowest BCUT2D eigenvalue weighted by molar-refractivity contribution is -0.140. The monoisotopic (exact) mass is 300 g/mol. The molecule has 0 saturated heterocycles. The fourth-order valence-electron chi connectivity index (χ4n) is 1.93. The molecule has 0 aliphatic heterocycles. The van der Waals surface area contributed by atoms with Crippen LogP contribution in [0.4, 0.5) is 13.2 Å². The molecule has 0 bridgehead atoms. The minimum absolute atomic E-state index is 0.157. The lowest BCUT2D eigenvalue weighted by atomic mass is 10.1. The number of hydrogen-bond acceptors (Lipinski definition) is 3. The predicted molar refractivity (Wildman–Crippen MR) is 65.4 cm³/mol. The molecule has 2 atom stereocenters. The van der Waals surface area contributed by atoms with E-state index >= 15 is 0 Å². The molecule has 5 nitrogen and oxygen atoms in total. The van der Waals surface area contributed by atoms with Gasteiger partial charge in [0, 0.05) is 12.2 Å². The summed E-state index contributed by atoms with van der Waals surface area (Å²) in [5.74, 6) is -2.31. The number of hydrogen-bond donors (Lipinski definition) is 2. The average molecular weight is 300 g/mol. The number of rotatable bonds is 3. The molecule has 112 valence electrons. The summed E-state index contributed by atoms with van der Waals surface area (Å²) >= 11 is 0. The van der Waals surface area contributed by atoms with Crippen LogP contribution in [0.3, 0.4) is 0 Å². The SMILES string of the molecule is O=C(NC1C=CC(C(=O)O)C1)c1ccc(C(F)(F)F)cn1. The maximum Gasteiger partial charge on any atom is 0.417 e. The quantitative estimate of drug-likeness (QED) is 0.835. The summed E-state index contributed by atoms with van der Waals surface area (Å²) < 4.78 is 37.1. The zero-order valence-corrected chi connectivity index (χ0v) is 10.6. The molecule has 2 N–H and O–H groups in total. The normalized spacial score (nSPS) is 21.3. The van der Waals surface area contributed by atoms with E-state index in [-0.39, 0.29) is 12.1 Å². The maximum atomic E-state index is 12.4. The Morgan fingerprint density at radius 2 is 2.00 bits per heavy atom. The smallest absolute Gasteiger partial charge is 0.417 e. The van der Waals surface area contributed by atoms with E-state index in [1.165, 1.54) is 6.08 Å². The summed E-state index contributed by atoms with van der Waals surface area (Å²) in [7, 11) is 0. The highest BCUT2D eigenvalue weighted by Gasteiger charge is 2.31. The van der Waals surface area contributed by atoms with Gasteiger partial charge in [-0.25, -0.2) is 0 Å². The first-order valence-electron chi connectivity index (χ1n) is 6.02.